The summed E-state index contributed by atoms with van der Waals surface area (Å²) >= 11 is 5.84. The number of nitrogens with one attached hydrogen (secondary N) is 1. The maximum atomic E-state index is 13.7. The highest BCUT2D eigenvalue weighted by Gasteiger charge is 2.37. The van der Waals surface area contributed by atoms with Gasteiger partial charge < -0.3 is 21.7 Å². The number of hydrogen-bond donors (Lipinski definition) is 3. The summed E-state index contributed by atoms with van der Waals surface area (Å²) < 4.78 is 41.2. The van der Waals surface area contributed by atoms with Gasteiger partial charge in [-0.05, 0) is 49.2 Å². The second kappa shape index (κ2) is 8.84. The number of anilines is 2. The normalized spacial score (nSPS) is 16.1. The molecule has 3 rings (SSSR count). The first-order chi connectivity index (χ1) is 14.6. The number of carbonyl (C=O) groups excluding carboxylic acids is 2. The predicted octanol–water partition coefficient (Wildman–Crippen LogP) is 3.38. The predicted molar refractivity (Wildman–Crippen MR) is 112 cm³/mol. The number of aliphatic imine (C=N–C) groups is 1. The Morgan fingerprint density at radius 1 is 1.16 bits per heavy atom. The van der Waals surface area contributed by atoms with Crippen LogP contribution in [0, 0.1) is 0 Å². The van der Waals surface area contributed by atoms with Gasteiger partial charge in [0.15, 0.2) is 5.96 Å². The van der Waals surface area contributed by atoms with E-state index < -0.39 is 41.2 Å². The third kappa shape index (κ3) is 5.26. The summed E-state index contributed by atoms with van der Waals surface area (Å²) in [5, 5.41) is 2.56. The van der Waals surface area contributed by atoms with E-state index in [9.17, 15) is 22.8 Å². The highest BCUT2D eigenvalue weighted by Crippen LogP contribution is 2.39. The summed E-state index contributed by atoms with van der Waals surface area (Å²) in [6.45, 7) is 0.363. The summed E-state index contributed by atoms with van der Waals surface area (Å²) in [4.78, 5) is 29.7. The molecule has 1 aliphatic rings. The Bertz CT molecular complexity index is 1040. The van der Waals surface area contributed by atoms with Crippen molar-refractivity contribution in [1.29, 1.82) is 0 Å². The van der Waals surface area contributed by atoms with Gasteiger partial charge in [-0.1, -0.05) is 17.7 Å². The van der Waals surface area contributed by atoms with Gasteiger partial charge in [-0.25, -0.2) is 0 Å². The van der Waals surface area contributed by atoms with E-state index in [0.29, 0.717) is 19.4 Å². The van der Waals surface area contributed by atoms with Crippen LogP contribution in [-0.2, 0) is 11.0 Å². The zero-order valence-corrected chi connectivity index (χ0v) is 16.9. The van der Waals surface area contributed by atoms with Crippen LogP contribution in [0.25, 0.3) is 0 Å². The van der Waals surface area contributed by atoms with Gasteiger partial charge in [-0.2, -0.15) is 18.2 Å². The van der Waals surface area contributed by atoms with Gasteiger partial charge in [0.1, 0.15) is 6.04 Å². The highest BCUT2D eigenvalue weighted by atomic mass is 35.5. The molecule has 7 nitrogen and oxygen atoms in total. The molecule has 0 radical (unpaired) electrons. The summed E-state index contributed by atoms with van der Waals surface area (Å²) in [6, 6.07) is 8.54. The van der Waals surface area contributed by atoms with Crippen LogP contribution >= 0.6 is 11.6 Å². The summed E-state index contributed by atoms with van der Waals surface area (Å²) in [6.07, 6.45) is -3.75. The quantitative estimate of drug-likeness (QED) is 0.485. The number of hydrogen-bond acceptors (Lipinski definition) is 3. The minimum Gasteiger partial charge on any atom is -0.370 e. The molecule has 1 aliphatic heterocycles. The summed E-state index contributed by atoms with van der Waals surface area (Å²) in [5.74, 6) is -1.76. The first kappa shape index (κ1) is 22.4. The van der Waals surface area contributed by atoms with Crippen molar-refractivity contribution in [2.75, 3.05) is 16.8 Å². The smallest absolute Gasteiger partial charge is 0.370 e. The highest BCUT2D eigenvalue weighted by molar-refractivity contribution is 6.31. The van der Waals surface area contributed by atoms with E-state index in [-0.39, 0.29) is 16.3 Å². The van der Waals surface area contributed by atoms with E-state index in [4.69, 9.17) is 23.1 Å². The third-order valence-electron chi connectivity index (χ3n) is 4.75. The van der Waals surface area contributed by atoms with Crippen molar-refractivity contribution in [2.45, 2.75) is 25.1 Å². The van der Waals surface area contributed by atoms with Crippen molar-refractivity contribution < 1.29 is 22.8 Å². The van der Waals surface area contributed by atoms with Crippen LogP contribution in [0.3, 0.4) is 0 Å². The van der Waals surface area contributed by atoms with E-state index >= 15 is 0 Å². The number of halogens is 4. The van der Waals surface area contributed by atoms with Crippen molar-refractivity contribution in [3.63, 3.8) is 0 Å². The average Bonchev–Trinajstić information content (AvgIpc) is 3.17. The number of alkyl halides is 3. The van der Waals surface area contributed by atoms with Gasteiger partial charge in [-0.15, -0.1) is 0 Å². The van der Waals surface area contributed by atoms with Crippen LogP contribution in [0.4, 0.5) is 24.5 Å². The van der Waals surface area contributed by atoms with Crippen molar-refractivity contribution >= 4 is 40.7 Å². The molecule has 0 spiro atoms. The van der Waals surface area contributed by atoms with Crippen LogP contribution in [0.1, 0.15) is 28.8 Å². The molecule has 0 saturated carbocycles. The van der Waals surface area contributed by atoms with Crippen molar-refractivity contribution in [1.82, 2.24) is 0 Å². The van der Waals surface area contributed by atoms with Crippen molar-refractivity contribution in [3.8, 4) is 0 Å². The lowest BCUT2D eigenvalue weighted by Crippen LogP contribution is -2.37. The Labute approximate surface area is 180 Å². The molecule has 0 bridgehead atoms. The van der Waals surface area contributed by atoms with Crippen LogP contribution < -0.4 is 21.7 Å². The molecule has 1 unspecified atom stereocenters. The van der Waals surface area contributed by atoms with E-state index in [2.05, 4.69) is 10.3 Å². The SMILES string of the molecule is NC(N)=NC(=O)C1CCCN1c1ccc(NC(=O)c2cccc(Cl)c2)c(C(F)(F)F)c1. The number of rotatable bonds is 4. The lowest BCUT2D eigenvalue weighted by atomic mass is 10.1. The van der Waals surface area contributed by atoms with E-state index in [1.54, 1.807) is 6.07 Å². The minimum atomic E-state index is -4.74. The van der Waals surface area contributed by atoms with Crippen LogP contribution in [0.5, 0.6) is 0 Å². The Morgan fingerprint density at radius 2 is 1.90 bits per heavy atom. The first-order valence-electron chi connectivity index (χ1n) is 9.24. The Hall–Kier alpha value is -3.27. The molecule has 0 aliphatic carbocycles. The molecule has 1 heterocycles. The van der Waals surface area contributed by atoms with E-state index in [1.807, 2.05) is 0 Å². The zero-order chi connectivity index (χ0) is 22.8. The fourth-order valence-electron chi connectivity index (χ4n) is 3.41. The standard InChI is InChI=1S/C20H19ClF3N5O2/c21-12-4-1-3-11(9-12)17(30)27-15-7-6-13(10-14(15)20(22,23)24)29-8-2-5-16(29)18(31)28-19(25)26/h1,3-4,6-7,9-10,16H,2,5,8H2,(H,27,30)(H4,25,26,28,31). The molecular formula is C20H19ClF3N5O2. The van der Waals surface area contributed by atoms with E-state index in [0.717, 1.165) is 12.1 Å². The molecule has 1 atom stereocenters. The monoisotopic (exact) mass is 453 g/mol. The lowest BCUT2D eigenvalue weighted by molar-refractivity contribution is -0.136. The number of nitrogens with zero attached hydrogens (tertiary/aromatic N) is 2. The van der Waals surface area contributed by atoms with E-state index in [1.165, 1.54) is 29.2 Å². The molecule has 1 saturated heterocycles. The second-order valence-electron chi connectivity index (χ2n) is 6.92. The molecule has 2 amide bonds. The van der Waals surface area contributed by atoms with Crippen molar-refractivity contribution in [2.24, 2.45) is 16.5 Å². The topological polar surface area (TPSA) is 114 Å². The first-order valence-corrected chi connectivity index (χ1v) is 9.62. The molecule has 2 aromatic carbocycles. The summed E-state index contributed by atoms with van der Waals surface area (Å²) in [5.41, 5.74) is 9.32. The molecule has 164 valence electrons. The van der Waals surface area contributed by atoms with Crippen LogP contribution in [-0.4, -0.2) is 30.4 Å². The Kier molecular flexibility index (Phi) is 6.40. The summed E-state index contributed by atoms with van der Waals surface area (Å²) in [7, 11) is 0. The van der Waals surface area contributed by atoms with Gasteiger partial charge in [0, 0.05) is 22.8 Å². The number of benzene rings is 2. The maximum absolute atomic E-state index is 13.7. The van der Waals surface area contributed by atoms with Gasteiger partial charge in [0.05, 0.1) is 11.3 Å². The largest absolute Gasteiger partial charge is 0.418 e. The van der Waals surface area contributed by atoms with Gasteiger partial charge in [0.2, 0.25) is 0 Å². The number of amides is 2. The number of nitrogens with two attached hydrogens (primary N) is 2. The Morgan fingerprint density at radius 3 is 2.55 bits per heavy atom. The maximum Gasteiger partial charge on any atom is 0.418 e. The van der Waals surface area contributed by atoms with Crippen molar-refractivity contribution in [3.05, 3.63) is 58.6 Å². The van der Waals surface area contributed by atoms with Crippen LogP contribution in [0.2, 0.25) is 5.02 Å². The second-order valence-corrected chi connectivity index (χ2v) is 7.35. The van der Waals surface area contributed by atoms with Crippen LogP contribution in [0.15, 0.2) is 47.5 Å². The number of carbonyl (C=O) groups is 2. The molecule has 11 heteroatoms. The Balaban J connectivity index is 1.93. The van der Waals surface area contributed by atoms with Gasteiger partial charge in [0.25, 0.3) is 11.8 Å². The van der Waals surface area contributed by atoms with Gasteiger partial charge >= 0.3 is 6.18 Å². The minimum absolute atomic E-state index is 0.118. The molecule has 0 aromatic heterocycles. The lowest BCUT2D eigenvalue weighted by Gasteiger charge is -2.26. The zero-order valence-electron chi connectivity index (χ0n) is 16.1. The molecule has 5 N–H and O–H groups in total. The molecule has 2 aromatic rings. The van der Waals surface area contributed by atoms with Gasteiger partial charge in [-0.3, -0.25) is 9.59 Å². The fraction of sp³-hybridized carbons (Fsp3) is 0.250. The average molecular weight is 454 g/mol. The molecule has 1 fully saturated rings. The third-order valence-corrected chi connectivity index (χ3v) is 4.99. The fourth-order valence-corrected chi connectivity index (χ4v) is 3.60. The number of guanidine groups is 1. The molecule has 31 heavy (non-hydrogen) atoms. The molecular weight excluding hydrogens is 435 g/mol.